The number of aryl methyl sites for hydroxylation is 1. The van der Waals surface area contributed by atoms with Gasteiger partial charge in [0.15, 0.2) is 5.78 Å². The van der Waals surface area contributed by atoms with E-state index in [0.717, 1.165) is 18.5 Å². The average molecular weight is 224 g/mol. The highest BCUT2D eigenvalue weighted by atomic mass is 16.1. The SMILES string of the molecule is CC.CCc1c(C)nn(CC(C)=O)c1CC. The molecule has 3 heteroatoms. The topological polar surface area (TPSA) is 34.9 Å². The van der Waals surface area contributed by atoms with Gasteiger partial charge in [-0.3, -0.25) is 9.48 Å². The smallest absolute Gasteiger partial charge is 0.151 e. The van der Waals surface area contributed by atoms with Crippen molar-refractivity contribution in [3.63, 3.8) is 0 Å². The Morgan fingerprint density at radius 3 is 2.19 bits per heavy atom. The second kappa shape index (κ2) is 7.20. The summed E-state index contributed by atoms with van der Waals surface area (Å²) in [4.78, 5) is 11.0. The van der Waals surface area contributed by atoms with Crippen molar-refractivity contribution < 1.29 is 4.79 Å². The lowest BCUT2D eigenvalue weighted by molar-refractivity contribution is -0.117. The summed E-state index contributed by atoms with van der Waals surface area (Å²) in [5.41, 5.74) is 3.57. The molecule has 0 atom stereocenters. The summed E-state index contributed by atoms with van der Waals surface area (Å²) < 4.78 is 1.84. The molecule has 0 saturated carbocycles. The third-order valence-electron chi connectivity index (χ3n) is 2.43. The van der Waals surface area contributed by atoms with E-state index in [4.69, 9.17) is 0 Å². The van der Waals surface area contributed by atoms with Gasteiger partial charge in [0.25, 0.3) is 0 Å². The molecule has 0 aromatic carbocycles. The van der Waals surface area contributed by atoms with Crippen LogP contribution in [0.15, 0.2) is 0 Å². The highest BCUT2D eigenvalue weighted by Gasteiger charge is 2.12. The first-order valence-corrected chi connectivity index (χ1v) is 6.14. The van der Waals surface area contributed by atoms with Gasteiger partial charge in [0.05, 0.1) is 12.2 Å². The molecule has 0 bridgehead atoms. The number of nitrogens with zero attached hydrogens (tertiary/aromatic N) is 2. The van der Waals surface area contributed by atoms with E-state index in [1.54, 1.807) is 6.92 Å². The molecule has 0 aliphatic carbocycles. The molecular formula is C13H24N2O. The Morgan fingerprint density at radius 2 is 1.81 bits per heavy atom. The van der Waals surface area contributed by atoms with Crippen molar-refractivity contribution in [2.45, 2.75) is 60.9 Å². The zero-order valence-electron chi connectivity index (χ0n) is 11.4. The van der Waals surface area contributed by atoms with Crippen molar-refractivity contribution in [3.05, 3.63) is 17.0 Å². The fraction of sp³-hybridized carbons (Fsp3) is 0.692. The van der Waals surface area contributed by atoms with Crippen molar-refractivity contribution >= 4 is 5.78 Å². The molecule has 1 aromatic rings. The normalized spacial score (nSPS) is 9.62. The first-order chi connectivity index (χ1) is 7.60. The van der Waals surface area contributed by atoms with Crippen LogP contribution in [0.3, 0.4) is 0 Å². The fourth-order valence-electron chi connectivity index (χ4n) is 1.86. The fourth-order valence-corrected chi connectivity index (χ4v) is 1.86. The van der Waals surface area contributed by atoms with Gasteiger partial charge in [-0.25, -0.2) is 0 Å². The predicted octanol–water partition coefficient (Wildman–Crippen LogP) is 2.93. The van der Waals surface area contributed by atoms with E-state index in [-0.39, 0.29) is 5.78 Å². The minimum atomic E-state index is 0.157. The van der Waals surface area contributed by atoms with E-state index in [1.807, 2.05) is 25.5 Å². The van der Waals surface area contributed by atoms with Crippen molar-refractivity contribution in [3.8, 4) is 0 Å². The van der Waals surface area contributed by atoms with Gasteiger partial charge >= 0.3 is 0 Å². The summed E-state index contributed by atoms with van der Waals surface area (Å²) in [7, 11) is 0. The summed E-state index contributed by atoms with van der Waals surface area (Å²) in [5.74, 6) is 0.157. The van der Waals surface area contributed by atoms with Gasteiger partial charge in [-0.2, -0.15) is 5.10 Å². The van der Waals surface area contributed by atoms with Crippen LogP contribution in [-0.4, -0.2) is 15.6 Å². The van der Waals surface area contributed by atoms with E-state index in [1.165, 1.54) is 11.3 Å². The molecule has 0 amide bonds. The lowest BCUT2D eigenvalue weighted by Gasteiger charge is -2.04. The average Bonchev–Trinajstić information content (AvgIpc) is 2.55. The lowest BCUT2D eigenvalue weighted by Crippen LogP contribution is -2.11. The molecule has 0 N–H and O–H groups in total. The summed E-state index contributed by atoms with van der Waals surface area (Å²) >= 11 is 0. The zero-order chi connectivity index (χ0) is 12.7. The molecule has 3 nitrogen and oxygen atoms in total. The minimum absolute atomic E-state index is 0.157. The highest BCUT2D eigenvalue weighted by molar-refractivity contribution is 5.75. The molecule has 16 heavy (non-hydrogen) atoms. The Morgan fingerprint density at radius 1 is 1.25 bits per heavy atom. The Labute approximate surface area is 98.9 Å². The monoisotopic (exact) mass is 224 g/mol. The molecule has 0 aliphatic rings. The van der Waals surface area contributed by atoms with Crippen LogP contribution >= 0.6 is 0 Å². The van der Waals surface area contributed by atoms with Crippen LogP contribution in [-0.2, 0) is 24.2 Å². The van der Waals surface area contributed by atoms with Crippen molar-refractivity contribution in [1.82, 2.24) is 9.78 Å². The quantitative estimate of drug-likeness (QED) is 0.788. The molecule has 0 spiro atoms. The van der Waals surface area contributed by atoms with Crippen LogP contribution in [0.5, 0.6) is 0 Å². The van der Waals surface area contributed by atoms with Crippen LogP contribution in [0.4, 0.5) is 0 Å². The summed E-state index contributed by atoms with van der Waals surface area (Å²) in [5, 5.41) is 4.39. The summed E-state index contributed by atoms with van der Waals surface area (Å²) in [6.07, 6.45) is 1.93. The Hall–Kier alpha value is -1.12. The number of Topliss-reactive ketones (excluding diaryl/α,β-unsaturated/α-hetero) is 1. The van der Waals surface area contributed by atoms with E-state index >= 15 is 0 Å². The molecule has 0 unspecified atom stereocenters. The minimum Gasteiger partial charge on any atom is -0.298 e. The molecule has 0 saturated heterocycles. The molecule has 0 fully saturated rings. The van der Waals surface area contributed by atoms with Crippen molar-refractivity contribution in [1.29, 1.82) is 0 Å². The first kappa shape index (κ1) is 14.9. The van der Waals surface area contributed by atoms with Crippen molar-refractivity contribution in [2.24, 2.45) is 0 Å². The van der Waals surface area contributed by atoms with Gasteiger partial charge in [-0.1, -0.05) is 27.7 Å². The molecule has 0 aliphatic heterocycles. The van der Waals surface area contributed by atoms with Crippen molar-refractivity contribution in [2.75, 3.05) is 0 Å². The molecule has 92 valence electrons. The number of carbonyl (C=O) groups excluding carboxylic acids is 1. The van der Waals surface area contributed by atoms with Gasteiger partial charge in [-0.05, 0) is 32.3 Å². The Kier molecular flexibility index (Phi) is 6.70. The molecule has 0 radical (unpaired) electrons. The van der Waals surface area contributed by atoms with Gasteiger partial charge < -0.3 is 0 Å². The summed E-state index contributed by atoms with van der Waals surface area (Å²) in [6, 6.07) is 0. The zero-order valence-corrected chi connectivity index (χ0v) is 11.4. The van der Waals surface area contributed by atoms with Gasteiger partial charge in [-0.15, -0.1) is 0 Å². The van der Waals surface area contributed by atoms with Crippen LogP contribution < -0.4 is 0 Å². The number of hydrogen-bond donors (Lipinski definition) is 0. The lowest BCUT2D eigenvalue weighted by atomic mass is 10.1. The second-order valence-electron chi connectivity index (χ2n) is 3.58. The van der Waals surface area contributed by atoms with Gasteiger partial charge in [0.2, 0.25) is 0 Å². The Bertz CT molecular complexity index is 340. The highest BCUT2D eigenvalue weighted by Crippen LogP contribution is 2.15. The van der Waals surface area contributed by atoms with Crippen LogP contribution in [0, 0.1) is 6.92 Å². The molecule has 1 heterocycles. The largest absolute Gasteiger partial charge is 0.298 e. The van der Waals surface area contributed by atoms with E-state index in [2.05, 4.69) is 18.9 Å². The summed E-state index contributed by atoms with van der Waals surface area (Å²) in [6.45, 7) is 12.2. The maximum atomic E-state index is 11.0. The maximum absolute atomic E-state index is 11.0. The van der Waals surface area contributed by atoms with E-state index in [0.29, 0.717) is 6.54 Å². The third-order valence-corrected chi connectivity index (χ3v) is 2.43. The van der Waals surface area contributed by atoms with Crippen LogP contribution in [0.2, 0.25) is 0 Å². The van der Waals surface area contributed by atoms with Crippen LogP contribution in [0.1, 0.15) is 51.6 Å². The molecule has 1 aromatic heterocycles. The Balaban J connectivity index is 0.00000106. The first-order valence-electron chi connectivity index (χ1n) is 6.14. The number of carbonyl (C=O) groups is 1. The maximum Gasteiger partial charge on any atom is 0.151 e. The van der Waals surface area contributed by atoms with E-state index in [9.17, 15) is 4.79 Å². The third kappa shape index (κ3) is 3.47. The molecule has 1 rings (SSSR count). The van der Waals surface area contributed by atoms with Crippen LogP contribution in [0.25, 0.3) is 0 Å². The van der Waals surface area contributed by atoms with Gasteiger partial charge in [0.1, 0.15) is 0 Å². The molecular weight excluding hydrogens is 200 g/mol. The standard InChI is InChI=1S/C11H18N2O.C2H6/c1-5-10-9(4)12-13(7-8(3)14)11(10)6-2;1-2/h5-7H2,1-4H3;1-2H3. The predicted molar refractivity (Wildman–Crippen MR) is 67.7 cm³/mol. The number of rotatable bonds is 4. The van der Waals surface area contributed by atoms with Gasteiger partial charge in [0, 0.05) is 5.69 Å². The number of hydrogen-bond acceptors (Lipinski definition) is 2. The number of ketones is 1. The van der Waals surface area contributed by atoms with E-state index < -0.39 is 0 Å². The second-order valence-corrected chi connectivity index (χ2v) is 3.58. The number of aromatic nitrogens is 2.